The van der Waals surface area contributed by atoms with Gasteiger partial charge in [0, 0.05) is 20.3 Å². The average Bonchev–Trinajstić information content (AvgIpc) is 2.33. The Bertz CT molecular complexity index is 348. The molecule has 0 bridgehead atoms. The van der Waals surface area contributed by atoms with E-state index in [4.69, 9.17) is 14.9 Å². The van der Waals surface area contributed by atoms with E-state index in [0.29, 0.717) is 19.4 Å². The average molecular weight is 238 g/mol. The van der Waals surface area contributed by atoms with Crippen LogP contribution in [0.15, 0.2) is 12.1 Å². The summed E-state index contributed by atoms with van der Waals surface area (Å²) in [4.78, 5) is 0. The number of aliphatic hydroxyl groups is 2. The summed E-state index contributed by atoms with van der Waals surface area (Å²) >= 11 is 0. The van der Waals surface area contributed by atoms with E-state index in [0.717, 1.165) is 17.5 Å². The van der Waals surface area contributed by atoms with Gasteiger partial charge in [0.2, 0.25) is 0 Å². The zero-order valence-corrected chi connectivity index (χ0v) is 10.7. The summed E-state index contributed by atoms with van der Waals surface area (Å²) in [6.45, 7) is 2.99. The van der Waals surface area contributed by atoms with Crippen molar-refractivity contribution in [2.45, 2.75) is 32.8 Å². The second kappa shape index (κ2) is 7.43. The first-order valence-corrected chi connectivity index (χ1v) is 6.11. The van der Waals surface area contributed by atoms with Gasteiger partial charge in [-0.15, -0.1) is 0 Å². The van der Waals surface area contributed by atoms with Crippen molar-refractivity contribution in [2.75, 3.05) is 20.3 Å². The maximum atomic E-state index is 9.07. The predicted octanol–water partition coefficient (Wildman–Crippen LogP) is 1.46. The summed E-state index contributed by atoms with van der Waals surface area (Å²) in [5.74, 6) is 0. The molecule has 3 nitrogen and oxygen atoms in total. The molecule has 3 heteroatoms. The SMILES string of the molecule is CCc1cc(CCO)c(CCO)cc1COC. The number of aliphatic hydroxyl groups excluding tert-OH is 2. The second-order valence-corrected chi connectivity index (χ2v) is 4.12. The van der Waals surface area contributed by atoms with E-state index < -0.39 is 0 Å². The van der Waals surface area contributed by atoms with Gasteiger partial charge in [0.1, 0.15) is 0 Å². The second-order valence-electron chi connectivity index (χ2n) is 4.12. The fourth-order valence-electron chi connectivity index (χ4n) is 2.12. The molecule has 0 unspecified atom stereocenters. The van der Waals surface area contributed by atoms with E-state index in [-0.39, 0.29) is 13.2 Å². The van der Waals surface area contributed by atoms with Gasteiger partial charge in [-0.1, -0.05) is 19.1 Å². The normalized spacial score (nSPS) is 10.8. The van der Waals surface area contributed by atoms with E-state index in [1.807, 2.05) is 0 Å². The Hall–Kier alpha value is -0.900. The van der Waals surface area contributed by atoms with Gasteiger partial charge < -0.3 is 14.9 Å². The number of aryl methyl sites for hydroxylation is 1. The molecular formula is C14H22O3. The van der Waals surface area contributed by atoms with E-state index in [9.17, 15) is 0 Å². The fraction of sp³-hybridized carbons (Fsp3) is 0.571. The van der Waals surface area contributed by atoms with Gasteiger partial charge in [0.25, 0.3) is 0 Å². The summed E-state index contributed by atoms with van der Waals surface area (Å²) in [6, 6.07) is 4.24. The zero-order chi connectivity index (χ0) is 12.7. The molecule has 0 aromatic heterocycles. The molecule has 0 atom stereocenters. The van der Waals surface area contributed by atoms with Crippen molar-refractivity contribution in [3.05, 3.63) is 34.4 Å². The number of methoxy groups -OCH3 is 1. The lowest BCUT2D eigenvalue weighted by Gasteiger charge is -2.14. The van der Waals surface area contributed by atoms with Crippen LogP contribution < -0.4 is 0 Å². The first-order valence-electron chi connectivity index (χ1n) is 6.11. The van der Waals surface area contributed by atoms with E-state index in [2.05, 4.69) is 19.1 Å². The summed E-state index contributed by atoms with van der Waals surface area (Å²) < 4.78 is 5.19. The lowest BCUT2D eigenvalue weighted by Crippen LogP contribution is -2.05. The number of hydrogen-bond donors (Lipinski definition) is 2. The van der Waals surface area contributed by atoms with Crippen molar-refractivity contribution >= 4 is 0 Å². The quantitative estimate of drug-likeness (QED) is 0.756. The van der Waals surface area contributed by atoms with Crippen LogP contribution in [0, 0.1) is 0 Å². The van der Waals surface area contributed by atoms with Crippen LogP contribution in [0.25, 0.3) is 0 Å². The summed E-state index contributed by atoms with van der Waals surface area (Å²) in [5.41, 5.74) is 4.70. The maximum absolute atomic E-state index is 9.07. The smallest absolute Gasteiger partial charge is 0.0715 e. The van der Waals surface area contributed by atoms with Gasteiger partial charge in [0.15, 0.2) is 0 Å². The van der Waals surface area contributed by atoms with E-state index in [1.165, 1.54) is 11.1 Å². The van der Waals surface area contributed by atoms with Gasteiger partial charge in [-0.25, -0.2) is 0 Å². The highest BCUT2D eigenvalue weighted by Gasteiger charge is 2.08. The Morgan fingerprint density at radius 1 is 0.941 bits per heavy atom. The number of rotatable bonds is 7. The molecule has 96 valence electrons. The molecule has 0 aliphatic heterocycles. The molecule has 1 rings (SSSR count). The fourth-order valence-corrected chi connectivity index (χ4v) is 2.12. The molecule has 1 aromatic carbocycles. The van der Waals surface area contributed by atoms with Crippen LogP contribution in [-0.2, 0) is 30.6 Å². The highest BCUT2D eigenvalue weighted by atomic mass is 16.5. The molecule has 1 aromatic rings. The number of hydrogen-bond acceptors (Lipinski definition) is 3. The van der Waals surface area contributed by atoms with Crippen molar-refractivity contribution in [3.63, 3.8) is 0 Å². The molecule has 17 heavy (non-hydrogen) atoms. The summed E-state index contributed by atoms with van der Waals surface area (Å²) in [7, 11) is 1.69. The molecule has 0 aliphatic carbocycles. The first kappa shape index (κ1) is 14.2. The van der Waals surface area contributed by atoms with Crippen LogP contribution in [0.2, 0.25) is 0 Å². The lowest BCUT2D eigenvalue weighted by molar-refractivity contribution is 0.184. The third-order valence-electron chi connectivity index (χ3n) is 2.96. The lowest BCUT2D eigenvalue weighted by atomic mass is 9.94. The van der Waals surface area contributed by atoms with Crippen LogP contribution >= 0.6 is 0 Å². The van der Waals surface area contributed by atoms with Crippen molar-refractivity contribution in [3.8, 4) is 0 Å². The third-order valence-corrected chi connectivity index (χ3v) is 2.96. The Balaban J connectivity index is 3.11. The van der Waals surface area contributed by atoms with E-state index >= 15 is 0 Å². The van der Waals surface area contributed by atoms with Gasteiger partial charge in [-0.2, -0.15) is 0 Å². The minimum absolute atomic E-state index is 0.135. The van der Waals surface area contributed by atoms with Crippen LogP contribution in [-0.4, -0.2) is 30.5 Å². The Morgan fingerprint density at radius 2 is 1.47 bits per heavy atom. The molecule has 0 amide bonds. The molecule has 0 heterocycles. The topological polar surface area (TPSA) is 49.7 Å². The van der Waals surface area contributed by atoms with E-state index in [1.54, 1.807) is 7.11 Å². The van der Waals surface area contributed by atoms with Crippen molar-refractivity contribution < 1.29 is 14.9 Å². The predicted molar refractivity (Wildman–Crippen MR) is 68.1 cm³/mol. The molecule has 0 radical (unpaired) electrons. The largest absolute Gasteiger partial charge is 0.396 e. The molecule has 0 spiro atoms. The van der Waals surface area contributed by atoms with Crippen LogP contribution in [0.5, 0.6) is 0 Å². The highest BCUT2D eigenvalue weighted by molar-refractivity contribution is 5.39. The van der Waals surface area contributed by atoms with Gasteiger partial charge in [0.05, 0.1) is 6.61 Å². The molecule has 0 aliphatic rings. The third kappa shape index (κ3) is 3.80. The Kier molecular flexibility index (Phi) is 6.19. The molecule has 0 fully saturated rings. The zero-order valence-electron chi connectivity index (χ0n) is 10.7. The van der Waals surface area contributed by atoms with Crippen LogP contribution in [0.3, 0.4) is 0 Å². The molecule has 2 N–H and O–H groups in total. The monoisotopic (exact) mass is 238 g/mol. The van der Waals surface area contributed by atoms with Crippen molar-refractivity contribution in [1.29, 1.82) is 0 Å². The Morgan fingerprint density at radius 3 is 1.88 bits per heavy atom. The summed E-state index contributed by atoms with van der Waals surface area (Å²) in [5, 5.41) is 18.1. The number of benzene rings is 1. The van der Waals surface area contributed by atoms with Crippen LogP contribution in [0.1, 0.15) is 29.2 Å². The molecule has 0 saturated carbocycles. The van der Waals surface area contributed by atoms with Gasteiger partial charge in [-0.05, 0) is 41.5 Å². The van der Waals surface area contributed by atoms with Crippen molar-refractivity contribution in [2.24, 2.45) is 0 Å². The minimum Gasteiger partial charge on any atom is -0.396 e. The van der Waals surface area contributed by atoms with Gasteiger partial charge >= 0.3 is 0 Å². The standard InChI is InChI=1S/C14H22O3/c1-3-11-8-12(4-6-15)13(5-7-16)9-14(11)10-17-2/h8-9,15-16H,3-7,10H2,1-2H3. The molecular weight excluding hydrogens is 216 g/mol. The van der Waals surface area contributed by atoms with Crippen molar-refractivity contribution in [1.82, 2.24) is 0 Å². The van der Waals surface area contributed by atoms with Crippen LogP contribution in [0.4, 0.5) is 0 Å². The summed E-state index contributed by atoms with van der Waals surface area (Å²) in [6.07, 6.45) is 2.24. The Labute approximate surface area is 103 Å². The minimum atomic E-state index is 0.135. The van der Waals surface area contributed by atoms with Gasteiger partial charge in [-0.3, -0.25) is 0 Å². The molecule has 0 saturated heterocycles. The first-order chi connectivity index (χ1) is 8.26. The maximum Gasteiger partial charge on any atom is 0.0715 e. The number of ether oxygens (including phenoxy) is 1. The highest BCUT2D eigenvalue weighted by Crippen LogP contribution is 2.20.